The third kappa shape index (κ3) is 2.40. The number of rotatable bonds is 4. The smallest absolute Gasteiger partial charge is 0.345 e. The number of esters is 1. The Bertz CT molecular complexity index is 620. The molecule has 0 spiro atoms. The van der Waals surface area contributed by atoms with Crippen molar-refractivity contribution in [2.45, 2.75) is 13.8 Å². The van der Waals surface area contributed by atoms with Crippen molar-refractivity contribution >= 4 is 17.6 Å². The highest BCUT2D eigenvalue weighted by atomic mass is 16.5. The van der Waals surface area contributed by atoms with Crippen LogP contribution in [0.4, 0.5) is 11.6 Å². The van der Waals surface area contributed by atoms with Crippen molar-refractivity contribution in [2.24, 2.45) is 0 Å². The number of nitrogens with two attached hydrogens (primary N) is 1. The minimum absolute atomic E-state index is 0.158. The van der Waals surface area contributed by atoms with E-state index in [-0.39, 0.29) is 11.4 Å². The lowest BCUT2D eigenvalue weighted by Gasteiger charge is -2.02. The molecule has 0 bridgehead atoms. The van der Waals surface area contributed by atoms with Crippen molar-refractivity contribution in [2.75, 3.05) is 24.7 Å². The van der Waals surface area contributed by atoms with Gasteiger partial charge in [0.05, 0.1) is 12.8 Å². The summed E-state index contributed by atoms with van der Waals surface area (Å²) in [7, 11) is 1.29. The van der Waals surface area contributed by atoms with E-state index in [4.69, 9.17) is 10.5 Å². The van der Waals surface area contributed by atoms with Gasteiger partial charge in [-0.15, -0.1) is 10.2 Å². The molecule has 2 aromatic heterocycles. The van der Waals surface area contributed by atoms with Crippen LogP contribution in [0.15, 0.2) is 12.1 Å². The number of hydrogen-bond acceptors (Lipinski definition) is 7. The highest BCUT2D eigenvalue weighted by Crippen LogP contribution is 2.24. The highest BCUT2D eigenvalue weighted by Gasteiger charge is 2.23. The molecule has 8 heteroatoms. The lowest BCUT2D eigenvalue weighted by Crippen LogP contribution is -2.09. The van der Waals surface area contributed by atoms with Crippen LogP contribution in [0.25, 0.3) is 5.82 Å². The number of carbonyl (C=O) groups is 1. The SMILES string of the molecule is CCNc1nn(-c2ccc(C)nn2)c(N)c1C(=O)OC. The lowest BCUT2D eigenvalue weighted by atomic mass is 10.3. The molecule has 0 saturated heterocycles. The molecule has 0 aliphatic carbocycles. The molecule has 2 heterocycles. The van der Waals surface area contributed by atoms with E-state index >= 15 is 0 Å². The standard InChI is InChI=1S/C12H16N6O2/c1-4-14-11-9(12(19)20-3)10(13)18(17-11)8-6-5-7(2)15-16-8/h5-6H,4,13H2,1-3H3,(H,14,17). The fourth-order valence-corrected chi connectivity index (χ4v) is 1.71. The van der Waals surface area contributed by atoms with Crippen LogP contribution in [0.1, 0.15) is 23.0 Å². The third-order valence-corrected chi connectivity index (χ3v) is 2.66. The zero-order valence-electron chi connectivity index (χ0n) is 11.5. The van der Waals surface area contributed by atoms with Gasteiger partial charge in [-0.2, -0.15) is 9.78 Å². The quantitative estimate of drug-likeness (QED) is 0.794. The summed E-state index contributed by atoms with van der Waals surface area (Å²) in [6.07, 6.45) is 0. The van der Waals surface area contributed by atoms with Gasteiger partial charge >= 0.3 is 5.97 Å². The van der Waals surface area contributed by atoms with Crippen LogP contribution < -0.4 is 11.1 Å². The second kappa shape index (κ2) is 5.55. The highest BCUT2D eigenvalue weighted by molar-refractivity contribution is 5.99. The first-order chi connectivity index (χ1) is 9.58. The molecule has 0 saturated carbocycles. The van der Waals surface area contributed by atoms with Crippen LogP contribution in [0, 0.1) is 6.92 Å². The van der Waals surface area contributed by atoms with Crippen LogP contribution in [-0.2, 0) is 4.74 Å². The maximum absolute atomic E-state index is 11.8. The molecule has 0 amide bonds. The number of aromatic nitrogens is 4. The Kier molecular flexibility index (Phi) is 3.83. The summed E-state index contributed by atoms with van der Waals surface area (Å²) in [5.74, 6) is 0.400. The van der Waals surface area contributed by atoms with Crippen LogP contribution in [0.3, 0.4) is 0 Å². The molecule has 0 aromatic carbocycles. The van der Waals surface area contributed by atoms with E-state index < -0.39 is 5.97 Å². The molecule has 0 atom stereocenters. The monoisotopic (exact) mass is 276 g/mol. The van der Waals surface area contributed by atoms with Gasteiger partial charge in [-0.05, 0) is 26.0 Å². The number of nitrogens with zero attached hydrogens (tertiary/aromatic N) is 4. The molecule has 106 valence electrons. The second-order valence-electron chi connectivity index (χ2n) is 4.08. The zero-order valence-corrected chi connectivity index (χ0v) is 11.5. The number of ether oxygens (including phenoxy) is 1. The van der Waals surface area contributed by atoms with Crippen molar-refractivity contribution in [3.05, 3.63) is 23.4 Å². The van der Waals surface area contributed by atoms with Gasteiger partial charge in [-0.3, -0.25) is 0 Å². The molecule has 0 fully saturated rings. The van der Waals surface area contributed by atoms with Gasteiger partial charge in [-0.25, -0.2) is 4.79 Å². The molecule has 0 unspecified atom stereocenters. The average molecular weight is 276 g/mol. The molecule has 0 aliphatic heterocycles. The summed E-state index contributed by atoms with van der Waals surface area (Å²) >= 11 is 0. The molecule has 3 N–H and O–H groups in total. The van der Waals surface area contributed by atoms with Crippen molar-refractivity contribution in [3.63, 3.8) is 0 Å². The Labute approximate surface area is 115 Å². The molecule has 0 aliphatic rings. The van der Waals surface area contributed by atoms with E-state index in [9.17, 15) is 4.79 Å². The van der Waals surface area contributed by atoms with Crippen molar-refractivity contribution in [1.82, 2.24) is 20.0 Å². The molecular formula is C12H16N6O2. The number of methoxy groups -OCH3 is 1. The van der Waals surface area contributed by atoms with Crippen LogP contribution in [-0.4, -0.2) is 39.6 Å². The number of hydrogen-bond donors (Lipinski definition) is 2. The molecule has 2 rings (SSSR count). The summed E-state index contributed by atoms with van der Waals surface area (Å²) in [6, 6.07) is 3.51. The van der Waals surface area contributed by atoms with Gasteiger partial charge in [-0.1, -0.05) is 0 Å². The van der Waals surface area contributed by atoms with Gasteiger partial charge in [0.15, 0.2) is 11.6 Å². The fraction of sp³-hybridized carbons (Fsp3) is 0.333. The Morgan fingerprint density at radius 2 is 2.20 bits per heavy atom. The van der Waals surface area contributed by atoms with E-state index in [0.29, 0.717) is 18.2 Å². The largest absolute Gasteiger partial charge is 0.465 e. The number of aryl methyl sites for hydroxylation is 1. The Morgan fingerprint density at radius 3 is 2.75 bits per heavy atom. The molecule has 2 aromatic rings. The van der Waals surface area contributed by atoms with Gasteiger partial charge in [0.25, 0.3) is 0 Å². The van der Waals surface area contributed by atoms with Crippen LogP contribution in [0.5, 0.6) is 0 Å². The van der Waals surface area contributed by atoms with E-state index in [1.165, 1.54) is 11.8 Å². The molecule has 0 radical (unpaired) electrons. The topological polar surface area (TPSA) is 108 Å². The van der Waals surface area contributed by atoms with Crippen molar-refractivity contribution in [3.8, 4) is 5.82 Å². The van der Waals surface area contributed by atoms with Crippen molar-refractivity contribution in [1.29, 1.82) is 0 Å². The maximum Gasteiger partial charge on any atom is 0.345 e. The summed E-state index contributed by atoms with van der Waals surface area (Å²) in [4.78, 5) is 11.8. The lowest BCUT2D eigenvalue weighted by molar-refractivity contribution is 0.0603. The van der Waals surface area contributed by atoms with Crippen LogP contribution in [0.2, 0.25) is 0 Å². The summed E-state index contributed by atoms with van der Waals surface area (Å²) < 4.78 is 6.08. The van der Waals surface area contributed by atoms with Gasteiger partial charge in [0, 0.05) is 6.54 Å². The normalized spacial score (nSPS) is 10.3. The fourth-order valence-electron chi connectivity index (χ4n) is 1.71. The predicted molar refractivity (Wildman–Crippen MR) is 73.8 cm³/mol. The molecule has 8 nitrogen and oxygen atoms in total. The third-order valence-electron chi connectivity index (χ3n) is 2.66. The number of nitrogens with one attached hydrogen (secondary N) is 1. The van der Waals surface area contributed by atoms with Gasteiger partial charge < -0.3 is 15.8 Å². The first-order valence-electron chi connectivity index (χ1n) is 6.09. The summed E-state index contributed by atoms with van der Waals surface area (Å²) in [5, 5.41) is 15.2. The molecule has 20 heavy (non-hydrogen) atoms. The maximum atomic E-state index is 11.8. The minimum atomic E-state index is -0.551. The number of nitrogen functional groups attached to an aromatic ring is 1. The first kappa shape index (κ1) is 13.8. The van der Waals surface area contributed by atoms with E-state index in [1.807, 2.05) is 13.8 Å². The van der Waals surface area contributed by atoms with E-state index in [2.05, 4.69) is 20.6 Å². The number of anilines is 2. The second-order valence-corrected chi connectivity index (χ2v) is 4.08. The van der Waals surface area contributed by atoms with E-state index in [1.54, 1.807) is 12.1 Å². The average Bonchev–Trinajstić information content (AvgIpc) is 2.76. The minimum Gasteiger partial charge on any atom is -0.465 e. The predicted octanol–water partition coefficient (Wildman–Crippen LogP) is 0.771. The molecular weight excluding hydrogens is 260 g/mol. The Hall–Kier alpha value is -2.64. The zero-order chi connectivity index (χ0) is 14.7. The van der Waals surface area contributed by atoms with Gasteiger partial charge in [0.1, 0.15) is 11.4 Å². The first-order valence-corrected chi connectivity index (χ1v) is 6.09. The van der Waals surface area contributed by atoms with Gasteiger partial charge in [0.2, 0.25) is 0 Å². The number of carbonyl (C=O) groups excluding carboxylic acids is 1. The Balaban J connectivity index is 2.54. The summed E-state index contributed by atoms with van der Waals surface area (Å²) in [5.41, 5.74) is 6.94. The van der Waals surface area contributed by atoms with Crippen molar-refractivity contribution < 1.29 is 9.53 Å². The Morgan fingerprint density at radius 1 is 1.45 bits per heavy atom. The van der Waals surface area contributed by atoms with Crippen LogP contribution >= 0.6 is 0 Å². The van der Waals surface area contributed by atoms with E-state index in [0.717, 1.165) is 5.69 Å². The summed E-state index contributed by atoms with van der Waals surface area (Å²) in [6.45, 7) is 4.31.